The van der Waals surface area contributed by atoms with E-state index >= 15 is 0 Å². The lowest BCUT2D eigenvalue weighted by atomic mass is 10.1. The van der Waals surface area contributed by atoms with Gasteiger partial charge in [-0.1, -0.05) is 73.2 Å². The quantitative estimate of drug-likeness (QED) is 0.410. The number of nitrogens with zero attached hydrogens (tertiary/aromatic N) is 1. The molecule has 1 aromatic heterocycles. The van der Waals surface area contributed by atoms with Crippen molar-refractivity contribution in [1.29, 1.82) is 0 Å². The summed E-state index contributed by atoms with van der Waals surface area (Å²) in [7, 11) is 0. The molecule has 0 saturated heterocycles. The lowest BCUT2D eigenvalue weighted by Gasteiger charge is -2.23. The van der Waals surface area contributed by atoms with Gasteiger partial charge in [0.15, 0.2) is 0 Å². The molecular formula is C28H29N3O2. The Morgan fingerprint density at radius 2 is 1.61 bits per heavy atom. The van der Waals surface area contributed by atoms with Crippen LogP contribution in [0.15, 0.2) is 83.7 Å². The van der Waals surface area contributed by atoms with Gasteiger partial charge in [0.1, 0.15) is 0 Å². The zero-order valence-corrected chi connectivity index (χ0v) is 19.1. The summed E-state index contributed by atoms with van der Waals surface area (Å²) in [6, 6.07) is 25.7. The zero-order valence-electron chi connectivity index (χ0n) is 19.1. The van der Waals surface area contributed by atoms with Gasteiger partial charge in [0.2, 0.25) is 0 Å². The summed E-state index contributed by atoms with van der Waals surface area (Å²) < 4.78 is 0. The number of urea groups is 1. The van der Waals surface area contributed by atoms with Gasteiger partial charge >= 0.3 is 6.03 Å². The van der Waals surface area contributed by atoms with Crippen LogP contribution in [0.3, 0.4) is 0 Å². The number of aromatic nitrogens is 1. The first-order valence-corrected chi connectivity index (χ1v) is 11.3. The number of amides is 2. The van der Waals surface area contributed by atoms with Gasteiger partial charge in [0.05, 0.1) is 6.54 Å². The van der Waals surface area contributed by atoms with Gasteiger partial charge in [0, 0.05) is 24.2 Å². The number of aryl methyl sites for hydroxylation is 2. The minimum Gasteiger partial charge on any atom is -0.334 e. The fraction of sp³-hybridized carbons (Fsp3) is 0.214. The zero-order chi connectivity index (χ0) is 23.2. The van der Waals surface area contributed by atoms with Crippen LogP contribution in [0.2, 0.25) is 0 Å². The predicted molar refractivity (Wildman–Crippen MR) is 133 cm³/mol. The van der Waals surface area contributed by atoms with Gasteiger partial charge in [0.25, 0.3) is 5.56 Å². The summed E-state index contributed by atoms with van der Waals surface area (Å²) in [6.45, 7) is 5.20. The molecule has 5 nitrogen and oxygen atoms in total. The third-order valence-corrected chi connectivity index (χ3v) is 5.82. The Balaban J connectivity index is 1.60. The Labute approximate surface area is 194 Å². The van der Waals surface area contributed by atoms with Crippen LogP contribution < -0.4 is 10.9 Å². The molecule has 2 N–H and O–H groups in total. The molecule has 0 aliphatic carbocycles. The number of aromatic amines is 1. The summed E-state index contributed by atoms with van der Waals surface area (Å²) in [5.41, 5.74) is 5.61. The van der Waals surface area contributed by atoms with Crippen molar-refractivity contribution < 1.29 is 4.79 Å². The molecule has 0 bridgehead atoms. The summed E-state index contributed by atoms with van der Waals surface area (Å²) in [5, 5.41) is 3.98. The van der Waals surface area contributed by atoms with Crippen molar-refractivity contribution in [2.75, 3.05) is 0 Å². The van der Waals surface area contributed by atoms with Gasteiger partial charge in [-0.3, -0.25) is 4.79 Å². The number of fused-ring (bicyclic) bond motifs is 1. The Morgan fingerprint density at radius 1 is 0.879 bits per heavy atom. The highest BCUT2D eigenvalue weighted by atomic mass is 16.2. The maximum atomic E-state index is 13.2. The average Bonchev–Trinajstić information content (AvgIpc) is 2.84. The lowest BCUT2D eigenvalue weighted by molar-refractivity contribution is 0.191. The number of hydrogen-bond donors (Lipinski definition) is 2. The minimum atomic E-state index is -0.207. The molecular weight excluding hydrogens is 410 g/mol. The van der Waals surface area contributed by atoms with Crippen LogP contribution in [-0.2, 0) is 26.1 Å². The normalized spacial score (nSPS) is 10.8. The van der Waals surface area contributed by atoms with Crippen LogP contribution >= 0.6 is 0 Å². The van der Waals surface area contributed by atoms with Crippen LogP contribution in [0.5, 0.6) is 0 Å². The van der Waals surface area contributed by atoms with Crippen LogP contribution in [0.25, 0.3) is 10.9 Å². The molecule has 1 heterocycles. The second kappa shape index (κ2) is 10.2. The van der Waals surface area contributed by atoms with Gasteiger partial charge in [-0.25, -0.2) is 4.79 Å². The van der Waals surface area contributed by atoms with Gasteiger partial charge in [-0.2, -0.15) is 0 Å². The van der Waals surface area contributed by atoms with E-state index in [4.69, 9.17) is 0 Å². The van der Waals surface area contributed by atoms with Crippen molar-refractivity contribution >= 4 is 16.9 Å². The minimum absolute atomic E-state index is 0.170. The molecule has 4 rings (SSSR count). The molecule has 168 valence electrons. The first-order chi connectivity index (χ1) is 16.0. The second-order valence-electron chi connectivity index (χ2n) is 8.38. The van der Waals surface area contributed by atoms with E-state index in [9.17, 15) is 9.59 Å². The number of hydrogen-bond acceptors (Lipinski definition) is 2. The highest BCUT2D eigenvalue weighted by Crippen LogP contribution is 2.16. The number of pyridine rings is 1. The number of carbonyl (C=O) groups is 1. The second-order valence-corrected chi connectivity index (χ2v) is 8.38. The molecule has 0 fully saturated rings. The molecule has 0 atom stereocenters. The smallest absolute Gasteiger partial charge is 0.318 e. The molecule has 0 aliphatic heterocycles. The monoisotopic (exact) mass is 439 g/mol. The highest BCUT2D eigenvalue weighted by Gasteiger charge is 2.17. The first-order valence-electron chi connectivity index (χ1n) is 11.3. The number of nitrogens with one attached hydrogen (secondary N) is 2. The van der Waals surface area contributed by atoms with Crippen molar-refractivity contribution in [3.05, 3.63) is 117 Å². The van der Waals surface area contributed by atoms with Crippen molar-refractivity contribution in [2.24, 2.45) is 0 Å². The van der Waals surface area contributed by atoms with E-state index in [1.807, 2.05) is 79.7 Å². The number of H-pyrrole nitrogens is 1. The van der Waals surface area contributed by atoms with Crippen LogP contribution in [0.4, 0.5) is 4.79 Å². The fourth-order valence-electron chi connectivity index (χ4n) is 3.84. The number of rotatable bonds is 7. The molecule has 0 spiro atoms. The predicted octanol–water partition coefficient (Wildman–Crippen LogP) is 5.31. The molecule has 0 unspecified atom stereocenters. The van der Waals surface area contributed by atoms with E-state index < -0.39 is 0 Å². The van der Waals surface area contributed by atoms with E-state index in [1.165, 1.54) is 5.56 Å². The molecule has 5 heteroatoms. The Morgan fingerprint density at radius 3 is 2.33 bits per heavy atom. The first kappa shape index (κ1) is 22.3. The number of carbonyl (C=O) groups excluding carboxylic acids is 1. The maximum absolute atomic E-state index is 13.2. The van der Waals surface area contributed by atoms with Gasteiger partial charge in [-0.15, -0.1) is 0 Å². The van der Waals surface area contributed by atoms with Crippen molar-refractivity contribution in [1.82, 2.24) is 15.2 Å². The SMILES string of the molecule is CCc1ccc2[nH]c(=O)c(CN(Cc3ccc(C)cc3)C(=O)NCc3ccccc3)cc2c1. The topological polar surface area (TPSA) is 65.2 Å². The molecule has 4 aromatic rings. The molecule has 0 radical (unpaired) electrons. The van der Waals surface area contributed by atoms with E-state index in [1.54, 1.807) is 4.90 Å². The van der Waals surface area contributed by atoms with Gasteiger partial charge < -0.3 is 15.2 Å². The van der Waals surface area contributed by atoms with Crippen LogP contribution in [0, 0.1) is 6.92 Å². The van der Waals surface area contributed by atoms with Crippen LogP contribution in [-0.4, -0.2) is 15.9 Å². The van der Waals surface area contributed by atoms with E-state index in [-0.39, 0.29) is 18.1 Å². The Kier molecular flexibility index (Phi) is 6.89. The Bertz CT molecular complexity index is 1290. The van der Waals surface area contributed by atoms with Crippen molar-refractivity contribution in [3.8, 4) is 0 Å². The highest BCUT2D eigenvalue weighted by molar-refractivity contribution is 5.80. The molecule has 33 heavy (non-hydrogen) atoms. The molecule has 0 aliphatic rings. The summed E-state index contributed by atoms with van der Waals surface area (Å²) in [5.74, 6) is 0. The summed E-state index contributed by atoms with van der Waals surface area (Å²) in [6.07, 6.45) is 0.922. The molecule has 2 amide bonds. The van der Waals surface area contributed by atoms with Crippen LogP contribution in [0.1, 0.15) is 34.7 Å². The van der Waals surface area contributed by atoms with E-state index in [0.717, 1.165) is 34.0 Å². The third-order valence-electron chi connectivity index (χ3n) is 5.82. The Hall–Kier alpha value is -3.86. The van der Waals surface area contributed by atoms with E-state index in [2.05, 4.69) is 23.3 Å². The number of benzene rings is 3. The third kappa shape index (κ3) is 5.69. The standard InChI is InChI=1S/C28H29N3O2/c1-3-21-13-14-26-24(15-21)16-25(27(32)30-26)19-31(18-23-11-9-20(2)10-12-23)28(33)29-17-22-7-5-4-6-8-22/h4-16H,3,17-19H2,1-2H3,(H,29,33)(H,30,32). The average molecular weight is 440 g/mol. The fourth-order valence-corrected chi connectivity index (χ4v) is 3.84. The van der Waals surface area contributed by atoms with Gasteiger partial charge in [-0.05, 0) is 53.6 Å². The summed E-state index contributed by atoms with van der Waals surface area (Å²) >= 11 is 0. The molecule has 0 saturated carbocycles. The van der Waals surface area contributed by atoms with E-state index in [0.29, 0.717) is 18.7 Å². The largest absolute Gasteiger partial charge is 0.334 e. The van der Waals surface area contributed by atoms with Crippen molar-refractivity contribution in [2.45, 2.75) is 39.9 Å². The molecule has 3 aromatic carbocycles. The lowest BCUT2D eigenvalue weighted by Crippen LogP contribution is -2.39. The maximum Gasteiger partial charge on any atom is 0.318 e. The van der Waals surface area contributed by atoms with Crippen molar-refractivity contribution in [3.63, 3.8) is 0 Å². The summed E-state index contributed by atoms with van der Waals surface area (Å²) in [4.78, 5) is 30.6.